The van der Waals surface area contributed by atoms with Crippen LogP contribution in [0, 0.1) is 0 Å². The molecule has 0 saturated heterocycles. The lowest BCUT2D eigenvalue weighted by atomic mass is 10.2. The van der Waals surface area contributed by atoms with Crippen LogP contribution in [-0.2, 0) is 4.79 Å². The Balaban J connectivity index is 2.41. The van der Waals surface area contributed by atoms with Crippen molar-refractivity contribution in [3.63, 3.8) is 0 Å². The van der Waals surface area contributed by atoms with Gasteiger partial charge in [0.15, 0.2) is 0 Å². The molecule has 0 bridgehead atoms. The molecule has 1 aromatic heterocycles. The second kappa shape index (κ2) is 5.36. The Morgan fingerprint density at radius 2 is 2.47 bits per heavy atom. The van der Waals surface area contributed by atoms with Gasteiger partial charge in [0.25, 0.3) is 0 Å². The number of carboxylic acid groups (broad SMARTS) is 1. The van der Waals surface area contributed by atoms with E-state index >= 15 is 0 Å². The van der Waals surface area contributed by atoms with Gasteiger partial charge in [-0.1, -0.05) is 5.57 Å². The third-order valence-electron chi connectivity index (χ3n) is 2.03. The maximum absolute atomic E-state index is 10.4. The number of hydrogen-bond acceptors (Lipinski definition) is 3. The number of aliphatic carboxylic acids is 1. The summed E-state index contributed by atoms with van der Waals surface area (Å²) in [5, 5.41) is 11.7. The van der Waals surface area contributed by atoms with Gasteiger partial charge in [-0.05, 0) is 26.0 Å². The molecule has 82 valence electrons. The van der Waals surface area contributed by atoms with Gasteiger partial charge in [0.05, 0.1) is 12.3 Å². The number of hydrogen-bond donors (Lipinski definition) is 2. The van der Waals surface area contributed by atoms with Gasteiger partial charge in [-0.25, -0.2) is 4.79 Å². The summed E-state index contributed by atoms with van der Waals surface area (Å²) in [6.07, 6.45) is 2.81. The van der Waals surface area contributed by atoms with E-state index in [0.29, 0.717) is 6.54 Å². The molecular formula is C11H15NO3. The molecule has 1 aromatic rings. The van der Waals surface area contributed by atoms with Crippen LogP contribution in [0.3, 0.4) is 0 Å². The summed E-state index contributed by atoms with van der Waals surface area (Å²) in [5.41, 5.74) is 0.779. The maximum atomic E-state index is 10.4. The first-order valence-corrected chi connectivity index (χ1v) is 4.76. The molecule has 0 aliphatic carbocycles. The van der Waals surface area contributed by atoms with Crippen molar-refractivity contribution in [2.24, 2.45) is 0 Å². The molecule has 0 aromatic carbocycles. The van der Waals surface area contributed by atoms with E-state index in [0.717, 1.165) is 11.3 Å². The van der Waals surface area contributed by atoms with E-state index in [1.807, 2.05) is 19.1 Å². The molecule has 2 N–H and O–H groups in total. The fraction of sp³-hybridized carbons (Fsp3) is 0.364. The third-order valence-corrected chi connectivity index (χ3v) is 2.03. The smallest absolute Gasteiger partial charge is 0.328 e. The first-order valence-electron chi connectivity index (χ1n) is 4.76. The zero-order valence-corrected chi connectivity index (χ0v) is 8.86. The molecule has 0 fully saturated rings. The zero-order valence-electron chi connectivity index (χ0n) is 8.86. The molecule has 4 heteroatoms. The minimum absolute atomic E-state index is 0.0807. The van der Waals surface area contributed by atoms with Crippen molar-refractivity contribution in [2.45, 2.75) is 19.9 Å². The largest absolute Gasteiger partial charge is 0.478 e. The molecule has 0 spiro atoms. The van der Waals surface area contributed by atoms with Crippen LogP contribution >= 0.6 is 0 Å². The average Bonchev–Trinajstić information content (AvgIpc) is 2.65. The second-order valence-corrected chi connectivity index (χ2v) is 3.45. The van der Waals surface area contributed by atoms with Crippen LogP contribution in [0.1, 0.15) is 25.6 Å². The lowest BCUT2D eigenvalue weighted by Crippen LogP contribution is -2.20. The Hall–Kier alpha value is -1.55. The molecule has 1 atom stereocenters. The third kappa shape index (κ3) is 3.99. The topological polar surface area (TPSA) is 62.5 Å². The highest BCUT2D eigenvalue weighted by atomic mass is 16.4. The lowest BCUT2D eigenvalue weighted by Gasteiger charge is -2.10. The first kappa shape index (κ1) is 11.5. The van der Waals surface area contributed by atoms with Crippen molar-refractivity contribution >= 4 is 5.97 Å². The van der Waals surface area contributed by atoms with Crippen molar-refractivity contribution in [1.29, 1.82) is 0 Å². The van der Waals surface area contributed by atoms with Crippen LogP contribution in [0.4, 0.5) is 0 Å². The summed E-state index contributed by atoms with van der Waals surface area (Å²) in [6.45, 7) is 4.27. The number of carboxylic acids is 1. The summed E-state index contributed by atoms with van der Waals surface area (Å²) in [4.78, 5) is 10.4. The molecule has 0 aliphatic heterocycles. The van der Waals surface area contributed by atoms with Crippen LogP contribution in [0.2, 0.25) is 0 Å². The lowest BCUT2D eigenvalue weighted by molar-refractivity contribution is -0.131. The Bertz CT molecular complexity index is 341. The Morgan fingerprint density at radius 3 is 3.00 bits per heavy atom. The van der Waals surface area contributed by atoms with Crippen molar-refractivity contribution in [2.75, 3.05) is 6.54 Å². The highest BCUT2D eigenvalue weighted by Gasteiger charge is 2.06. The van der Waals surface area contributed by atoms with E-state index < -0.39 is 5.97 Å². The minimum atomic E-state index is -0.917. The van der Waals surface area contributed by atoms with Gasteiger partial charge in [-0.15, -0.1) is 0 Å². The predicted octanol–water partition coefficient (Wildman–Crippen LogP) is 1.96. The SMILES string of the molecule is C/C(=C\C(=O)O)CN[C@@H](C)c1ccco1. The Labute approximate surface area is 88.6 Å². The number of furan rings is 1. The van der Waals surface area contributed by atoms with E-state index in [2.05, 4.69) is 5.32 Å². The first-order chi connectivity index (χ1) is 7.09. The summed E-state index contributed by atoms with van der Waals surface area (Å²) in [5.74, 6) is -0.0712. The molecule has 1 heterocycles. The van der Waals surface area contributed by atoms with E-state index in [1.54, 1.807) is 13.2 Å². The van der Waals surface area contributed by atoms with E-state index in [9.17, 15) is 4.79 Å². The van der Waals surface area contributed by atoms with Gasteiger partial charge < -0.3 is 14.8 Å². The molecule has 0 amide bonds. The number of nitrogens with one attached hydrogen (secondary N) is 1. The van der Waals surface area contributed by atoms with Gasteiger partial charge >= 0.3 is 5.97 Å². The highest BCUT2D eigenvalue weighted by Crippen LogP contribution is 2.12. The van der Waals surface area contributed by atoms with Crippen LogP contribution in [0.5, 0.6) is 0 Å². The van der Waals surface area contributed by atoms with Crippen LogP contribution in [-0.4, -0.2) is 17.6 Å². The second-order valence-electron chi connectivity index (χ2n) is 3.45. The molecular weight excluding hydrogens is 194 g/mol. The van der Waals surface area contributed by atoms with E-state index in [1.165, 1.54) is 6.08 Å². The quantitative estimate of drug-likeness (QED) is 0.728. The monoisotopic (exact) mass is 209 g/mol. The van der Waals surface area contributed by atoms with Crippen molar-refractivity contribution in [3.8, 4) is 0 Å². The molecule has 4 nitrogen and oxygen atoms in total. The summed E-state index contributed by atoms with van der Waals surface area (Å²) in [6, 6.07) is 3.79. The number of rotatable bonds is 5. The van der Waals surface area contributed by atoms with Gasteiger partial charge in [-0.3, -0.25) is 0 Å². The minimum Gasteiger partial charge on any atom is -0.478 e. The van der Waals surface area contributed by atoms with Crippen LogP contribution in [0.25, 0.3) is 0 Å². The number of carbonyl (C=O) groups is 1. The van der Waals surface area contributed by atoms with Gasteiger partial charge in [0.1, 0.15) is 5.76 Å². The van der Waals surface area contributed by atoms with Crippen molar-refractivity contribution in [1.82, 2.24) is 5.32 Å². The molecule has 0 saturated carbocycles. The molecule has 0 unspecified atom stereocenters. The average molecular weight is 209 g/mol. The molecule has 15 heavy (non-hydrogen) atoms. The highest BCUT2D eigenvalue weighted by molar-refractivity contribution is 5.80. The van der Waals surface area contributed by atoms with Crippen LogP contribution < -0.4 is 5.32 Å². The Morgan fingerprint density at radius 1 is 1.73 bits per heavy atom. The van der Waals surface area contributed by atoms with Gasteiger partial charge in [0.2, 0.25) is 0 Å². The molecule has 0 aliphatic rings. The molecule has 1 rings (SSSR count). The summed E-state index contributed by atoms with van der Waals surface area (Å²) < 4.78 is 5.21. The van der Waals surface area contributed by atoms with E-state index in [-0.39, 0.29) is 6.04 Å². The fourth-order valence-electron chi connectivity index (χ4n) is 1.21. The Kier molecular flexibility index (Phi) is 4.12. The van der Waals surface area contributed by atoms with Gasteiger partial charge in [-0.2, -0.15) is 0 Å². The van der Waals surface area contributed by atoms with Crippen molar-refractivity contribution < 1.29 is 14.3 Å². The maximum Gasteiger partial charge on any atom is 0.328 e. The van der Waals surface area contributed by atoms with Crippen LogP contribution in [0.15, 0.2) is 34.5 Å². The fourth-order valence-corrected chi connectivity index (χ4v) is 1.21. The standard InChI is InChI=1S/C11H15NO3/c1-8(6-11(13)14)7-12-9(2)10-4-3-5-15-10/h3-6,9,12H,7H2,1-2H3,(H,13,14)/b8-6+/t9-/m0/s1. The van der Waals surface area contributed by atoms with Gasteiger partial charge in [0, 0.05) is 12.6 Å². The molecule has 0 radical (unpaired) electrons. The normalized spacial score (nSPS) is 13.9. The predicted molar refractivity (Wildman–Crippen MR) is 56.5 cm³/mol. The summed E-state index contributed by atoms with van der Waals surface area (Å²) >= 11 is 0. The van der Waals surface area contributed by atoms with Crippen molar-refractivity contribution in [3.05, 3.63) is 35.8 Å². The summed E-state index contributed by atoms with van der Waals surface area (Å²) in [7, 11) is 0. The van der Waals surface area contributed by atoms with E-state index in [4.69, 9.17) is 9.52 Å². The zero-order chi connectivity index (χ0) is 11.3.